The number of hydrazone groups is 1. The van der Waals surface area contributed by atoms with Gasteiger partial charge < -0.3 is 24.3 Å². The summed E-state index contributed by atoms with van der Waals surface area (Å²) in [4.78, 5) is 25.7. The average Bonchev–Trinajstić information content (AvgIpc) is 3.40. The molecular formula is C29H29Br2N3O6. The predicted octanol–water partition coefficient (Wildman–Crippen LogP) is 5.82. The van der Waals surface area contributed by atoms with Crippen molar-refractivity contribution in [3.8, 4) is 23.0 Å². The fourth-order valence-corrected chi connectivity index (χ4v) is 4.68. The molecule has 0 radical (unpaired) electrons. The number of carbonyl (C=O) groups is 2. The van der Waals surface area contributed by atoms with Crippen LogP contribution in [-0.2, 0) is 11.4 Å². The maximum atomic E-state index is 12.9. The van der Waals surface area contributed by atoms with Crippen molar-refractivity contribution in [3.05, 3.63) is 80.2 Å². The Morgan fingerprint density at radius 1 is 1.02 bits per heavy atom. The molecule has 9 nitrogen and oxygen atoms in total. The molecule has 0 fully saturated rings. The first-order chi connectivity index (χ1) is 19.2. The zero-order chi connectivity index (χ0) is 28.6. The maximum Gasteiger partial charge on any atom is 0.262 e. The molecule has 40 heavy (non-hydrogen) atoms. The number of halogens is 2. The summed E-state index contributed by atoms with van der Waals surface area (Å²) in [6.07, 6.45) is 1.50. The first-order valence-electron chi connectivity index (χ1n) is 12.6. The SMILES string of the molecule is CCOc1cc(C=NNC(=O)C(NC(=O)c2ccc3c(c2)OCO3)C(C)C)cc(Br)c1OCc1ccc(Br)cc1. The molecule has 1 heterocycles. The first-order valence-corrected chi connectivity index (χ1v) is 14.2. The molecule has 1 aliphatic rings. The van der Waals surface area contributed by atoms with Crippen LogP contribution in [0.4, 0.5) is 0 Å². The second-order valence-corrected chi connectivity index (χ2v) is 10.9. The molecule has 11 heteroatoms. The molecule has 0 saturated carbocycles. The number of ether oxygens (including phenoxy) is 4. The smallest absolute Gasteiger partial charge is 0.262 e. The summed E-state index contributed by atoms with van der Waals surface area (Å²) in [5, 5.41) is 6.89. The van der Waals surface area contributed by atoms with Crippen LogP contribution in [0.15, 0.2) is 68.6 Å². The highest BCUT2D eigenvalue weighted by atomic mass is 79.9. The van der Waals surface area contributed by atoms with Crippen LogP contribution in [0.2, 0.25) is 0 Å². The van der Waals surface area contributed by atoms with Crippen LogP contribution in [0.5, 0.6) is 23.0 Å². The zero-order valence-electron chi connectivity index (χ0n) is 22.2. The molecule has 0 spiro atoms. The van der Waals surface area contributed by atoms with Crippen LogP contribution in [0.1, 0.15) is 42.3 Å². The van der Waals surface area contributed by atoms with Crippen LogP contribution in [0, 0.1) is 5.92 Å². The Morgan fingerprint density at radius 3 is 2.50 bits per heavy atom. The molecule has 1 atom stereocenters. The number of nitrogens with zero attached hydrogens (tertiary/aromatic N) is 1. The van der Waals surface area contributed by atoms with Gasteiger partial charge in [-0.3, -0.25) is 9.59 Å². The lowest BCUT2D eigenvalue weighted by molar-refractivity contribution is -0.123. The Hall–Kier alpha value is -3.57. The van der Waals surface area contributed by atoms with Crippen molar-refractivity contribution >= 4 is 49.9 Å². The van der Waals surface area contributed by atoms with Gasteiger partial charge in [-0.2, -0.15) is 5.10 Å². The molecule has 0 bridgehead atoms. The van der Waals surface area contributed by atoms with Crippen LogP contribution >= 0.6 is 31.9 Å². The van der Waals surface area contributed by atoms with E-state index < -0.39 is 17.9 Å². The molecule has 210 valence electrons. The van der Waals surface area contributed by atoms with Crippen molar-refractivity contribution in [2.75, 3.05) is 13.4 Å². The van der Waals surface area contributed by atoms with Gasteiger partial charge in [-0.15, -0.1) is 0 Å². The highest BCUT2D eigenvalue weighted by molar-refractivity contribution is 9.10. The first kappa shape index (κ1) is 29.4. The van der Waals surface area contributed by atoms with Gasteiger partial charge in [-0.05, 0) is 82.4 Å². The predicted molar refractivity (Wildman–Crippen MR) is 158 cm³/mol. The van der Waals surface area contributed by atoms with Crippen LogP contribution in [-0.4, -0.2) is 37.5 Å². The van der Waals surface area contributed by atoms with E-state index in [1.807, 2.05) is 51.1 Å². The molecule has 2 N–H and O–H groups in total. The lowest BCUT2D eigenvalue weighted by Crippen LogP contribution is -2.48. The van der Waals surface area contributed by atoms with E-state index in [1.54, 1.807) is 24.3 Å². The minimum atomic E-state index is -0.810. The molecule has 0 aromatic heterocycles. The van der Waals surface area contributed by atoms with E-state index in [0.29, 0.717) is 51.8 Å². The van der Waals surface area contributed by atoms with Crippen molar-refractivity contribution in [2.24, 2.45) is 11.0 Å². The second kappa shape index (κ2) is 13.7. The van der Waals surface area contributed by atoms with Crippen molar-refractivity contribution in [1.29, 1.82) is 0 Å². The molecule has 0 saturated heterocycles. The number of benzene rings is 3. The van der Waals surface area contributed by atoms with Gasteiger partial charge in [0.25, 0.3) is 11.8 Å². The summed E-state index contributed by atoms with van der Waals surface area (Å²) in [6, 6.07) is 15.5. The topological polar surface area (TPSA) is 107 Å². The van der Waals surface area contributed by atoms with Gasteiger partial charge in [0.1, 0.15) is 12.6 Å². The normalized spacial score (nSPS) is 12.8. The molecule has 3 aromatic rings. The van der Waals surface area contributed by atoms with Crippen LogP contribution in [0.25, 0.3) is 0 Å². The van der Waals surface area contributed by atoms with E-state index in [9.17, 15) is 9.59 Å². The van der Waals surface area contributed by atoms with Gasteiger partial charge in [-0.1, -0.05) is 41.9 Å². The van der Waals surface area contributed by atoms with Crippen LogP contribution < -0.4 is 29.7 Å². The number of amides is 2. The summed E-state index contributed by atoms with van der Waals surface area (Å²) in [6.45, 7) is 6.48. The summed E-state index contributed by atoms with van der Waals surface area (Å²) in [5.74, 6) is 1.14. The number of rotatable bonds is 11. The Morgan fingerprint density at radius 2 is 1.77 bits per heavy atom. The maximum absolute atomic E-state index is 12.9. The number of hydrogen-bond acceptors (Lipinski definition) is 7. The minimum absolute atomic E-state index is 0.111. The Balaban J connectivity index is 1.40. The summed E-state index contributed by atoms with van der Waals surface area (Å²) in [7, 11) is 0. The van der Waals surface area contributed by atoms with E-state index >= 15 is 0 Å². The van der Waals surface area contributed by atoms with E-state index in [0.717, 1.165) is 10.0 Å². The van der Waals surface area contributed by atoms with Crippen molar-refractivity contribution in [2.45, 2.75) is 33.4 Å². The fraction of sp³-hybridized carbons (Fsp3) is 0.276. The molecule has 4 rings (SSSR count). The number of carbonyl (C=O) groups excluding carboxylic acids is 2. The van der Waals surface area contributed by atoms with E-state index in [-0.39, 0.29) is 12.7 Å². The monoisotopic (exact) mass is 673 g/mol. The zero-order valence-corrected chi connectivity index (χ0v) is 25.4. The minimum Gasteiger partial charge on any atom is -0.490 e. The third-order valence-electron chi connectivity index (χ3n) is 5.89. The number of nitrogens with one attached hydrogen (secondary N) is 2. The fourth-order valence-electron chi connectivity index (χ4n) is 3.84. The van der Waals surface area contributed by atoms with Gasteiger partial charge in [0, 0.05) is 10.0 Å². The van der Waals surface area contributed by atoms with Crippen molar-refractivity contribution in [3.63, 3.8) is 0 Å². The third-order valence-corrected chi connectivity index (χ3v) is 7.00. The largest absolute Gasteiger partial charge is 0.490 e. The molecular weight excluding hydrogens is 646 g/mol. The molecule has 3 aromatic carbocycles. The quantitative estimate of drug-likeness (QED) is 0.196. The average molecular weight is 675 g/mol. The van der Waals surface area contributed by atoms with E-state index in [1.165, 1.54) is 6.21 Å². The standard InChI is InChI=1S/C29H29Br2N3O6/c1-4-37-25-12-19(11-22(31)27(25)38-15-18-5-8-21(30)9-6-18)14-32-34-29(36)26(17(2)3)33-28(35)20-7-10-23-24(13-20)40-16-39-23/h5-14,17,26H,4,15-16H2,1-3H3,(H,33,35)(H,34,36). The Kier molecular flexibility index (Phi) is 10.1. The Labute approximate surface area is 249 Å². The van der Waals surface area contributed by atoms with Gasteiger partial charge >= 0.3 is 0 Å². The highest BCUT2D eigenvalue weighted by Crippen LogP contribution is 2.37. The molecule has 2 amide bonds. The van der Waals surface area contributed by atoms with Gasteiger partial charge in [0.15, 0.2) is 23.0 Å². The van der Waals surface area contributed by atoms with E-state index in [2.05, 4.69) is 47.7 Å². The molecule has 0 aliphatic carbocycles. The summed E-state index contributed by atoms with van der Waals surface area (Å²) >= 11 is 6.99. The molecule has 1 unspecified atom stereocenters. The van der Waals surface area contributed by atoms with Crippen molar-refractivity contribution < 1.29 is 28.5 Å². The highest BCUT2D eigenvalue weighted by Gasteiger charge is 2.25. The van der Waals surface area contributed by atoms with Crippen LogP contribution in [0.3, 0.4) is 0 Å². The van der Waals surface area contributed by atoms with Crippen molar-refractivity contribution in [1.82, 2.24) is 10.7 Å². The second-order valence-electron chi connectivity index (χ2n) is 9.18. The lowest BCUT2D eigenvalue weighted by Gasteiger charge is -2.20. The number of hydrogen-bond donors (Lipinski definition) is 2. The lowest BCUT2D eigenvalue weighted by atomic mass is 10.0. The van der Waals surface area contributed by atoms with Gasteiger partial charge in [0.2, 0.25) is 6.79 Å². The van der Waals surface area contributed by atoms with Gasteiger partial charge in [0.05, 0.1) is 17.3 Å². The third kappa shape index (κ3) is 7.54. The van der Waals surface area contributed by atoms with E-state index in [4.69, 9.17) is 18.9 Å². The summed E-state index contributed by atoms with van der Waals surface area (Å²) < 4.78 is 24.1. The summed E-state index contributed by atoms with van der Waals surface area (Å²) in [5.41, 5.74) is 4.58. The Bertz CT molecular complexity index is 1400. The van der Waals surface area contributed by atoms with Gasteiger partial charge in [-0.25, -0.2) is 5.43 Å². The number of fused-ring (bicyclic) bond motifs is 1. The molecule has 1 aliphatic heterocycles.